The average molecular weight is 469 g/mol. The van der Waals surface area contributed by atoms with Crippen LogP contribution in [0.5, 0.6) is 17.2 Å². The minimum Gasteiger partial charge on any atom is -0.507 e. The van der Waals surface area contributed by atoms with Gasteiger partial charge in [-0.15, -0.1) is 0 Å². The molecule has 0 spiro atoms. The molecule has 0 bridgehead atoms. The van der Waals surface area contributed by atoms with Crippen LogP contribution >= 0.6 is 0 Å². The molecular weight excluding hydrogens is 436 g/mol. The van der Waals surface area contributed by atoms with Crippen molar-refractivity contribution in [3.8, 4) is 17.2 Å². The van der Waals surface area contributed by atoms with E-state index in [2.05, 4.69) is 0 Å². The van der Waals surface area contributed by atoms with E-state index >= 15 is 0 Å². The lowest BCUT2D eigenvalue weighted by atomic mass is 9.93. The number of ether oxygens (including phenoxy) is 3. The van der Waals surface area contributed by atoms with Gasteiger partial charge in [0.2, 0.25) is 0 Å². The number of aliphatic hydroxyl groups excluding tert-OH is 1. The highest BCUT2D eigenvalue weighted by Gasteiger charge is 2.46. The van der Waals surface area contributed by atoms with E-state index in [1.807, 2.05) is 32.8 Å². The van der Waals surface area contributed by atoms with Gasteiger partial charge in [0.15, 0.2) is 11.5 Å². The molecule has 34 heavy (non-hydrogen) atoms. The lowest BCUT2D eigenvalue weighted by molar-refractivity contribution is -0.140. The Labute approximate surface area is 200 Å². The highest BCUT2D eigenvalue weighted by molar-refractivity contribution is 6.46. The van der Waals surface area contributed by atoms with E-state index in [4.69, 9.17) is 14.2 Å². The molecule has 0 unspecified atom stereocenters. The fourth-order valence-corrected chi connectivity index (χ4v) is 4.09. The van der Waals surface area contributed by atoms with Crippen LogP contribution in [0.15, 0.2) is 42.0 Å². The molecule has 1 fully saturated rings. The van der Waals surface area contributed by atoms with Crippen LogP contribution < -0.4 is 14.2 Å². The standard InChI is InChI=1S/C26H32N2O6/c1-7-34-18-9-10-19(16(2)14-18)24(29)22-23(17-8-11-20(32-5)21(15-17)33-6)28(13-12-27(3)4)26(31)25(22)30/h8-11,14-15,23,29H,7,12-13H2,1-6H3/t23-/m0/s1. The molecule has 1 aliphatic heterocycles. The van der Waals surface area contributed by atoms with Gasteiger partial charge >= 0.3 is 0 Å². The number of carbonyl (C=O) groups is 2. The number of aryl methyl sites for hydroxylation is 1. The largest absolute Gasteiger partial charge is 0.507 e. The monoisotopic (exact) mass is 468 g/mol. The predicted octanol–water partition coefficient (Wildman–Crippen LogP) is 3.39. The number of amides is 1. The lowest BCUT2D eigenvalue weighted by Gasteiger charge is -2.27. The Morgan fingerprint density at radius 2 is 1.76 bits per heavy atom. The summed E-state index contributed by atoms with van der Waals surface area (Å²) in [5, 5.41) is 11.3. The van der Waals surface area contributed by atoms with Crippen molar-refractivity contribution in [3.05, 3.63) is 58.7 Å². The molecule has 0 aliphatic carbocycles. The molecule has 3 rings (SSSR count). The molecule has 1 amide bonds. The number of aliphatic hydroxyl groups is 1. The Morgan fingerprint density at radius 1 is 1.06 bits per heavy atom. The van der Waals surface area contributed by atoms with Gasteiger partial charge in [-0.2, -0.15) is 0 Å². The molecule has 8 nitrogen and oxygen atoms in total. The number of rotatable bonds is 9. The van der Waals surface area contributed by atoms with E-state index in [0.29, 0.717) is 48.1 Å². The van der Waals surface area contributed by atoms with Crippen molar-refractivity contribution in [2.45, 2.75) is 19.9 Å². The second kappa shape index (κ2) is 10.6. The fourth-order valence-electron chi connectivity index (χ4n) is 4.09. The first-order valence-corrected chi connectivity index (χ1v) is 11.1. The number of nitrogens with zero attached hydrogens (tertiary/aromatic N) is 2. The molecule has 182 valence electrons. The van der Waals surface area contributed by atoms with E-state index in [-0.39, 0.29) is 11.3 Å². The third kappa shape index (κ3) is 4.87. The Balaban J connectivity index is 2.19. The number of benzene rings is 2. The van der Waals surface area contributed by atoms with Gasteiger partial charge in [0.1, 0.15) is 11.5 Å². The second-order valence-corrected chi connectivity index (χ2v) is 8.32. The van der Waals surface area contributed by atoms with Gasteiger partial charge in [0, 0.05) is 18.7 Å². The second-order valence-electron chi connectivity index (χ2n) is 8.32. The van der Waals surface area contributed by atoms with Gasteiger partial charge in [0.25, 0.3) is 11.7 Å². The number of methoxy groups -OCH3 is 2. The van der Waals surface area contributed by atoms with Crippen LogP contribution in [0.4, 0.5) is 0 Å². The minimum absolute atomic E-state index is 0.0447. The van der Waals surface area contributed by atoms with Gasteiger partial charge in [-0.1, -0.05) is 6.07 Å². The summed E-state index contributed by atoms with van der Waals surface area (Å²) in [5.74, 6) is 0.0795. The van der Waals surface area contributed by atoms with Crippen molar-refractivity contribution in [2.24, 2.45) is 0 Å². The first-order chi connectivity index (χ1) is 16.2. The number of hydrogen-bond acceptors (Lipinski definition) is 7. The van der Waals surface area contributed by atoms with E-state index in [1.54, 1.807) is 36.4 Å². The van der Waals surface area contributed by atoms with Crippen molar-refractivity contribution in [3.63, 3.8) is 0 Å². The topological polar surface area (TPSA) is 88.5 Å². The van der Waals surface area contributed by atoms with E-state index in [1.165, 1.54) is 19.1 Å². The lowest BCUT2D eigenvalue weighted by Crippen LogP contribution is -2.35. The van der Waals surface area contributed by atoms with Crippen molar-refractivity contribution < 1.29 is 28.9 Å². The zero-order valence-electron chi connectivity index (χ0n) is 20.5. The van der Waals surface area contributed by atoms with Crippen LogP contribution in [-0.4, -0.2) is 74.6 Å². The molecule has 8 heteroatoms. The normalized spacial score (nSPS) is 17.4. The molecule has 0 radical (unpaired) electrons. The van der Waals surface area contributed by atoms with Crippen LogP contribution in [0, 0.1) is 6.92 Å². The number of likely N-dealkylation sites (tertiary alicyclic amines) is 1. The minimum atomic E-state index is -0.772. The molecule has 2 aromatic rings. The van der Waals surface area contributed by atoms with Crippen molar-refractivity contribution in [1.29, 1.82) is 0 Å². The van der Waals surface area contributed by atoms with Crippen LogP contribution in [-0.2, 0) is 9.59 Å². The van der Waals surface area contributed by atoms with Crippen LogP contribution in [0.3, 0.4) is 0 Å². The molecule has 0 saturated carbocycles. The number of ketones is 1. The van der Waals surface area contributed by atoms with Gasteiger partial charge in [-0.25, -0.2) is 0 Å². The molecule has 1 N–H and O–H groups in total. The summed E-state index contributed by atoms with van der Waals surface area (Å²) in [7, 11) is 6.85. The van der Waals surface area contributed by atoms with Gasteiger partial charge < -0.3 is 29.1 Å². The number of Topliss-reactive ketones (excluding diaryl/α,β-unsaturated/α-hetero) is 1. The summed E-state index contributed by atoms with van der Waals surface area (Å²) >= 11 is 0. The maximum atomic E-state index is 13.2. The van der Waals surface area contributed by atoms with Gasteiger partial charge in [-0.3, -0.25) is 9.59 Å². The molecule has 1 aliphatic rings. The maximum Gasteiger partial charge on any atom is 0.295 e. The molecule has 1 atom stereocenters. The summed E-state index contributed by atoms with van der Waals surface area (Å²) in [6.45, 7) is 5.10. The third-order valence-electron chi connectivity index (χ3n) is 5.82. The Kier molecular flexibility index (Phi) is 7.83. The summed E-state index contributed by atoms with van der Waals surface area (Å²) in [5.41, 5.74) is 1.89. The number of likely N-dealkylation sites (N-methyl/N-ethyl adjacent to an activating group) is 1. The highest BCUT2D eigenvalue weighted by atomic mass is 16.5. The Morgan fingerprint density at radius 3 is 2.35 bits per heavy atom. The maximum absolute atomic E-state index is 13.2. The summed E-state index contributed by atoms with van der Waals surface area (Å²) in [4.78, 5) is 29.7. The summed E-state index contributed by atoms with van der Waals surface area (Å²) in [6.07, 6.45) is 0. The quantitative estimate of drug-likeness (QED) is 0.343. The summed E-state index contributed by atoms with van der Waals surface area (Å²) in [6, 6.07) is 9.70. The van der Waals surface area contributed by atoms with Gasteiger partial charge in [0.05, 0.1) is 32.4 Å². The molecule has 2 aromatic carbocycles. The Bertz CT molecular complexity index is 1110. The predicted molar refractivity (Wildman–Crippen MR) is 129 cm³/mol. The number of carbonyl (C=O) groups excluding carboxylic acids is 2. The molecule has 1 saturated heterocycles. The smallest absolute Gasteiger partial charge is 0.295 e. The van der Waals surface area contributed by atoms with E-state index in [9.17, 15) is 14.7 Å². The highest BCUT2D eigenvalue weighted by Crippen LogP contribution is 2.42. The Hall–Kier alpha value is -3.52. The van der Waals surface area contributed by atoms with E-state index in [0.717, 1.165) is 5.56 Å². The SMILES string of the molecule is CCOc1ccc(C(O)=C2C(=O)C(=O)N(CCN(C)C)[C@H]2c2ccc(OC)c(OC)c2)c(C)c1. The average Bonchev–Trinajstić information content (AvgIpc) is 3.07. The molecule has 1 heterocycles. The van der Waals surface area contributed by atoms with Crippen molar-refractivity contribution in [1.82, 2.24) is 9.80 Å². The third-order valence-corrected chi connectivity index (χ3v) is 5.82. The van der Waals surface area contributed by atoms with Crippen LogP contribution in [0.1, 0.15) is 29.7 Å². The fraction of sp³-hybridized carbons (Fsp3) is 0.385. The van der Waals surface area contributed by atoms with Crippen molar-refractivity contribution >= 4 is 17.4 Å². The zero-order chi connectivity index (χ0) is 25.0. The molecule has 0 aromatic heterocycles. The molecular formula is C26H32N2O6. The zero-order valence-corrected chi connectivity index (χ0v) is 20.5. The number of hydrogen-bond donors (Lipinski definition) is 1. The van der Waals surface area contributed by atoms with E-state index < -0.39 is 17.7 Å². The van der Waals surface area contributed by atoms with Crippen LogP contribution in [0.2, 0.25) is 0 Å². The van der Waals surface area contributed by atoms with Gasteiger partial charge in [-0.05, 0) is 69.4 Å². The first kappa shape index (κ1) is 25.1. The van der Waals surface area contributed by atoms with Crippen molar-refractivity contribution in [2.75, 3.05) is 48.0 Å². The van der Waals surface area contributed by atoms with Crippen LogP contribution in [0.25, 0.3) is 5.76 Å². The summed E-state index contributed by atoms with van der Waals surface area (Å²) < 4.78 is 16.3. The first-order valence-electron chi connectivity index (χ1n) is 11.1.